The number of hydrogen-bond acceptors (Lipinski definition) is 2. The van der Waals surface area contributed by atoms with Gasteiger partial charge >= 0.3 is 0 Å². The van der Waals surface area contributed by atoms with E-state index in [1.807, 2.05) is 0 Å². The van der Waals surface area contributed by atoms with Crippen molar-refractivity contribution in [2.75, 3.05) is 19.6 Å². The van der Waals surface area contributed by atoms with Crippen LogP contribution < -0.4 is 4.90 Å². The fourth-order valence-corrected chi connectivity index (χ4v) is 1.93. The van der Waals surface area contributed by atoms with Crippen LogP contribution in [0.25, 0.3) is 0 Å². The maximum atomic E-state index is 9.36. The third-order valence-electron chi connectivity index (χ3n) is 2.62. The SMILES string of the molecule is OC1C[N+]2CCC1CC2. The molecular formula is C7H13NO+. The molecule has 2 nitrogen and oxygen atoms in total. The van der Waals surface area contributed by atoms with Gasteiger partial charge in [0.1, 0.15) is 25.7 Å². The maximum Gasteiger partial charge on any atom is 0.148 e. The Labute approximate surface area is 55.5 Å². The summed E-state index contributed by atoms with van der Waals surface area (Å²) in [6.07, 6.45) is 2.44. The van der Waals surface area contributed by atoms with Gasteiger partial charge in [-0.3, -0.25) is 0 Å². The van der Waals surface area contributed by atoms with Crippen LogP contribution in [0.15, 0.2) is 0 Å². The van der Waals surface area contributed by atoms with Gasteiger partial charge in [-0.1, -0.05) is 0 Å². The van der Waals surface area contributed by atoms with Crippen LogP contribution in [0.2, 0.25) is 0 Å². The average molecular weight is 127 g/mol. The Bertz CT molecular complexity index is 107. The van der Waals surface area contributed by atoms with E-state index < -0.39 is 0 Å². The second-order valence-corrected chi connectivity index (χ2v) is 3.21. The lowest BCUT2D eigenvalue weighted by Crippen LogP contribution is -2.53. The van der Waals surface area contributed by atoms with Crippen LogP contribution in [0.3, 0.4) is 0 Å². The molecule has 0 aromatic rings. The van der Waals surface area contributed by atoms with Gasteiger partial charge in [0.2, 0.25) is 0 Å². The summed E-state index contributed by atoms with van der Waals surface area (Å²) in [4.78, 5) is 2.35. The first-order chi connectivity index (χ1) is 4.36. The third kappa shape index (κ3) is 0.864. The fourth-order valence-electron chi connectivity index (χ4n) is 1.93. The molecule has 51 valence electrons. The number of aliphatic hydroxyl groups is 1. The summed E-state index contributed by atoms with van der Waals surface area (Å²) in [5, 5.41) is 9.36. The van der Waals surface area contributed by atoms with Crippen molar-refractivity contribution < 1.29 is 5.11 Å². The van der Waals surface area contributed by atoms with E-state index in [1.54, 1.807) is 0 Å². The Kier molecular flexibility index (Phi) is 1.24. The lowest BCUT2D eigenvalue weighted by Gasteiger charge is -2.34. The molecule has 1 atom stereocenters. The van der Waals surface area contributed by atoms with Crippen molar-refractivity contribution in [1.82, 2.24) is 4.90 Å². The highest BCUT2D eigenvalue weighted by atomic mass is 16.3. The van der Waals surface area contributed by atoms with Crippen molar-refractivity contribution in [1.29, 1.82) is 0 Å². The van der Waals surface area contributed by atoms with Gasteiger partial charge in [-0.05, 0) is 0 Å². The predicted molar refractivity (Wildman–Crippen MR) is 35.5 cm³/mol. The molecular weight excluding hydrogens is 114 g/mol. The smallest absolute Gasteiger partial charge is 0.148 e. The monoisotopic (exact) mass is 127 g/mol. The zero-order chi connectivity index (χ0) is 6.27. The molecule has 1 radical (unpaired) electrons. The summed E-state index contributed by atoms with van der Waals surface area (Å²) in [5.74, 6) is 0.634. The van der Waals surface area contributed by atoms with Gasteiger partial charge in [-0.25, -0.2) is 0 Å². The van der Waals surface area contributed by atoms with Crippen molar-refractivity contribution in [2.24, 2.45) is 5.92 Å². The van der Waals surface area contributed by atoms with Gasteiger partial charge in [-0.15, -0.1) is 0 Å². The maximum absolute atomic E-state index is 9.36. The molecule has 0 saturated carbocycles. The Balaban J connectivity index is 2.06. The van der Waals surface area contributed by atoms with Crippen molar-refractivity contribution in [2.45, 2.75) is 18.9 Å². The second-order valence-electron chi connectivity index (χ2n) is 3.21. The van der Waals surface area contributed by atoms with Crippen LogP contribution in [0.4, 0.5) is 0 Å². The Morgan fingerprint density at radius 1 is 1.22 bits per heavy atom. The number of hydrogen-bond donors (Lipinski definition) is 1. The normalized spacial score (nSPS) is 49.7. The van der Waals surface area contributed by atoms with E-state index in [1.165, 1.54) is 25.9 Å². The first kappa shape index (κ1) is 5.69. The van der Waals surface area contributed by atoms with Crippen LogP contribution in [0, 0.1) is 5.92 Å². The second kappa shape index (κ2) is 1.96. The molecule has 3 rings (SSSR count). The van der Waals surface area contributed by atoms with Gasteiger partial charge in [-0.2, -0.15) is 4.90 Å². The van der Waals surface area contributed by atoms with Crippen LogP contribution in [0.5, 0.6) is 0 Å². The third-order valence-corrected chi connectivity index (χ3v) is 2.62. The number of nitrogens with zero attached hydrogens (tertiary/aromatic N) is 1. The van der Waals surface area contributed by atoms with Gasteiger partial charge in [0.05, 0.1) is 0 Å². The quantitative estimate of drug-likeness (QED) is 0.452. The van der Waals surface area contributed by atoms with Crippen molar-refractivity contribution in [3.05, 3.63) is 0 Å². The molecule has 0 aromatic carbocycles. The predicted octanol–water partition coefficient (Wildman–Crippen LogP) is -0.0890. The minimum absolute atomic E-state index is 0.00694. The molecule has 3 fully saturated rings. The van der Waals surface area contributed by atoms with E-state index in [0.717, 1.165) is 6.54 Å². The molecule has 2 bridgehead atoms. The number of fused-ring (bicyclic) bond motifs is 3. The standard InChI is InChI=1S/C7H13NO/c9-7-5-8-3-1-6(7)2-4-8/h6-7,9H,1-5H2/q+1. The molecule has 9 heavy (non-hydrogen) atoms. The van der Waals surface area contributed by atoms with Crippen LogP contribution in [0.1, 0.15) is 12.8 Å². The molecule has 0 aliphatic carbocycles. The Morgan fingerprint density at radius 3 is 2.11 bits per heavy atom. The molecule has 0 aromatic heterocycles. The highest BCUT2D eigenvalue weighted by molar-refractivity contribution is 4.89. The van der Waals surface area contributed by atoms with E-state index in [-0.39, 0.29) is 6.10 Å². The summed E-state index contributed by atoms with van der Waals surface area (Å²) < 4.78 is 0. The van der Waals surface area contributed by atoms with E-state index in [2.05, 4.69) is 4.90 Å². The van der Waals surface area contributed by atoms with Crippen molar-refractivity contribution in [3.63, 3.8) is 0 Å². The topological polar surface area (TPSA) is 26.1 Å². The summed E-state index contributed by atoms with van der Waals surface area (Å²) in [5.41, 5.74) is 0. The van der Waals surface area contributed by atoms with Crippen LogP contribution in [-0.4, -0.2) is 30.8 Å². The molecule has 3 aliphatic heterocycles. The lowest BCUT2D eigenvalue weighted by molar-refractivity contribution is 0.0159. The van der Waals surface area contributed by atoms with Gasteiger partial charge in [0.15, 0.2) is 0 Å². The first-order valence-electron chi connectivity index (χ1n) is 3.76. The first-order valence-corrected chi connectivity index (χ1v) is 3.76. The zero-order valence-corrected chi connectivity index (χ0v) is 5.58. The molecule has 3 heterocycles. The molecule has 3 saturated heterocycles. The Morgan fingerprint density at radius 2 is 1.89 bits per heavy atom. The fraction of sp³-hybridized carbons (Fsp3) is 1.00. The zero-order valence-electron chi connectivity index (χ0n) is 5.58. The van der Waals surface area contributed by atoms with Gasteiger partial charge in [0.25, 0.3) is 0 Å². The van der Waals surface area contributed by atoms with E-state index in [4.69, 9.17) is 0 Å². The van der Waals surface area contributed by atoms with E-state index in [9.17, 15) is 5.11 Å². The largest absolute Gasteiger partial charge is 0.387 e. The summed E-state index contributed by atoms with van der Waals surface area (Å²) in [6.45, 7) is 3.38. The molecule has 1 unspecified atom stereocenters. The van der Waals surface area contributed by atoms with Gasteiger partial charge in [0, 0.05) is 18.8 Å². The minimum atomic E-state index is -0.00694. The summed E-state index contributed by atoms with van der Waals surface area (Å²) in [6, 6.07) is 0. The van der Waals surface area contributed by atoms with Crippen LogP contribution >= 0.6 is 0 Å². The Hall–Kier alpha value is -0.0800. The van der Waals surface area contributed by atoms with Crippen LogP contribution in [-0.2, 0) is 0 Å². The molecule has 1 N–H and O–H groups in total. The highest BCUT2D eigenvalue weighted by Gasteiger charge is 2.39. The minimum Gasteiger partial charge on any atom is -0.387 e. The number of aliphatic hydroxyl groups excluding tert-OH is 1. The highest BCUT2D eigenvalue weighted by Crippen LogP contribution is 2.25. The molecule has 0 spiro atoms. The molecule has 0 amide bonds. The number of piperidine rings is 3. The van der Waals surface area contributed by atoms with E-state index >= 15 is 0 Å². The lowest BCUT2D eigenvalue weighted by atomic mass is 9.86. The van der Waals surface area contributed by atoms with Crippen molar-refractivity contribution >= 4 is 0 Å². The molecule has 2 heteroatoms. The van der Waals surface area contributed by atoms with Gasteiger partial charge < -0.3 is 5.11 Å². The van der Waals surface area contributed by atoms with E-state index in [0.29, 0.717) is 5.92 Å². The molecule has 3 aliphatic rings. The number of rotatable bonds is 0. The average Bonchev–Trinajstić information content (AvgIpc) is 1.90. The van der Waals surface area contributed by atoms with Crippen molar-refractivity contribution in [3.8, 4) is 0 Å². The summed E-state index contributed by atoms with van der Waals surface area (Å²) >= 11 is 0. The summed E-state index contributed by atoms with van der Waals surface area (Å²) in [7, 11) is 0.